The fourth-order valence-electron chi connectivity index (χ4n) is 5.03. The second-order valence-electron chi connectivity index (χ2n) is 12.5. The lowest BCUT2D eigenvalue weighted by Crippen LogP contribution is -2.62. The summed E-state index contributed by atoms with van der Waals surface area (Å²) < 4.78 is 58.7. The Bertz CT molecular complexity index is 1550. The van der Waals surface area contributed by atoms with Gasteiger partial charge in [0.15, 0.2) is 5.78 Å². The summed E-state index contributed by atoms with van der Waals surface area (Å²) in [6.45, 7) is 8.80. The van der Waals surface area contributed by atoms with Crippen molar-refractivity contribution < 1.29 is 41.8 Å². The lowest BCUT2D eigenvalue weighted by atomic mass is 9.99. The Hall–Kier alpha value is -4.38. The van der Waals surface area contributed by atoms with Gasteiger partial charge in [0, 0.05) is 5.56 Å². The zero-order chi connectivity index (χ0) is 33.2. The number of nitrogens with zero attached hydrogens (tertiary/aromatic N) is 1. The van der Waals surface area contributed by atoms with Crippen LogP contribution in [0, 0.1) is 0 Å². The van der Waals surface area contributed by atoms with E-state index < -0.39 is 58.7 Å². The lowest BCUT2D eigenvalue weighted by molar-refractivity contribution is -0.139. The van der Waals surface area contributed by atoms with Gasteiger partial charge < -0.3 is 19.5 Å². The molecule has 1 fully saturated rings. The molecule has 1 atom stereocenters. The molecular formula is C34H37F3N2O6. The molecule has 0 spiro atoms. The number of nitrogens with one attached hydrogen (secondary N) is 1. The molecule has 2 amide bonds. The zero-order valence-corrected chi connectivity index (χ0v) is 26.1. The van der Waals surface area contributed by atoms with Crippen LogP contribution >= 0.6 is 0 Å². The molecule has 1 aliphatic heterocycles. The number of carbonyl (C=O) groups excluding carboxylic acids is 3. The summed E-state index contributed by atoms with van der Waals surface area (Å²) in [5.41, 5.74) is -2.33. The molecule has 1 heterocycles. The van der Waals surface area contributed by atoms with Crippen molar-refractivity contribution in [1.82, 2.24) is 10.2 Å². The van der Waals surface area contributed by atoms with E-state index in [9.17, 15) is 27.6 Å². The van der Waals surface area contributed by atoms with Gasteiger partial charge in [-0.25, -0.2) is 4.79 Å². The molecule has 3 aromatic carbocycles. The normalized spacial score (nSPS) is 17.9. The summed E-state index contributed by atoms with van der Waals surface area (Å²) in [4.78, 5) is 40.4. The standard InChI is InChI=1S/C34H37F3N2O6/c1-31(2,3)45-30(42)39-32(4,5)44-21-33(39,6)29(41)38-19-27(40)25-16-17-28(26(18-25)34(35,36)37)43-20-22-12-14-24(15-13-22)23-10-8-7-9-11-23/h7-18H,19-21H2,1-6H3,(H,38,41). The average Bonchev–Trinajstić information content (AvgIpc) is 3.23. The smallest absolute Gasteiger partial charge is 0.419 e. The Labute approximate surface area is 260 Å². The van der Waals surface area contributed by atoms with Crippen LogP contribution in [0.15, 0.2) is 72.8 Å². The molecule has 4 rings (SSSR count). The fraction of sp³-hybridized carbons (Fsp3) is 0.382. The van der Waals surface area contributed by atoms with Crippen molar-refractivity contribution in [3.05, 3.63) is 89.5 Å². The van der Waals surface area contributed by atoms with Gasteiger partial charge in [0.1, 0.15) is 29.2 Å². The first-order chi connectivity index (χ1) is 20.9. The van der Waals surface area contributed by atoms with E-state index in [-0.39, 0.29) is 18.8 Å². The highest BCUT2D eigenvalue weighted by atomic mass is 19.4. The number of hydrogen-bond acceptors (Lipinski definition) is 6. The van der Waals surface area contributed by atoms with Crippen LogP contribution in [0.4, 0.5) is 18.0 Å². The number of carbonyl (C=O) groups is 3. The molecular weight excluding hydrogens is 589 g/mol. The van der Waals surface area contributed by atoms with Gasteiger partial charge in [-0.15, -0.1) is 0 Å². The van der Waals surface area contributed by atoms with E-state index in [1.54, 1.807) is 46.8 Å². The first kappa shape index (κ1) is 33.5. The number of benzene rings is 3. The van der Waals surface area contributed by atoms with Crippen LogP contribution in [-0.4, -0.2) is 52.7 Å². The SMILES string of the molecule is CC(C)(C)OC(=O)N1C(C)(C)OCC1(C)C(=O)NCC(=O)c1ccc(OCc2ccc(-c3ccccc3)cc2)c(C(F)(F)F)c1. The Balaban J connectivity index is 1.44. The van der Waals surface area contributed by atoms with Crippen LogP contribution in [0.1, 0.15) is 63.0 Å². The molecule has 240 valence electrons. The zero-order valence-electron chi connectivity index (χ0n) is 26.1. The van der Waals surface area contributed by atoms with Gasteiger partial charge in [-0.05, 0) is 76.4 Å². The van der Waals surface area contributed by atoms with E-state index in [0.29, 0.717) is 11.6 Å². The van der Waals surface area contributed by atoms with Gasteiger partial charge in [0.2, 0.25) is 5.91 Å². The van der Waals surface area contributed by atoms with Crippen LogP contribution in [0.25, 0.3) is 11.1 Å². The number of ketones is 1. The minimum absolute atomic E-state index is 0.118. The quantitative estimate of drug-likeness (QED) is 0.271. The van der Waals surface area contributed by atoms with Crippen molar-refractivity contribution in [2.75, 3.05) is 13.2 Å². The molecule has 1 aliphatic rings. The third-order valence-corrected chi connectivity index (χ3v) is 7.28. The Kier molecular flexibility index (Phi) is 9.35. The summed E-state index contributed by atoms with van der Waals surface area (Å²) in [7, 11) is 0. The average molecular weight is 627 g/mol. The predicted molar refractivity (Wildman–Crippen MR) is 162 cm³/mol. The van der Waals surface area contributed by atoms with Crippen LogP contribution in [-0.2, 0) is 27.1 Å². The van der Waals surface area contributed by atoms with Crippen molar-refractivity contribution in [3.63, 3.8) is 0 Å². The molecule has 45 heavy (non-hydrogen) atoms. The maximum atomic E-state index is 14.0. The van der Waals surface area contributed by atoms with Crippen LogP contribution in [0.3, 0.4) is 0 Å². The molecule has 0 radical (unpaired) electrons. The number of ether oxygens (including phenoxy) is 3. The molecule has 11 heteroatoms. The van der Waals surface area contributed by atoms with Crippen LogP contribution < -0.4 is 10.1 Å². The summed E-state index contributed by atoms with van der Waals surface area (Å²) in [5, 5.41) is 2.45. The van der Waals surface area contributed by atoms with Crippen molar-refractivity contribution in [2.45, 2.75) is 71.2 Å². The van der Waals surface area contributed by atoms with Gasteiger partial charge in [-0.2, -0.15) is 13.2 Å². The van der Waals surface area contributed by atoms with E-state index >= 15 is 0 Å². The second-order valence-corrected chi connectivity index (χ2v) is 12.5. The first-order valence-corrected chi connectivity index (χ1v) is 14.4. The van der Waals surface area contributed by atoms with Gasteiger partial charge in [-0.3, -0.25) is 14.5 Å². The number of amides is 2. The molecule has 0 bridgehead atoms. The highest BCUT2D eigenvalue weighted by molar-refractivity contribution is 6.01. The van der Waals surface area contributed by atoms with Gasteiger partial charge >= 0.3 is 12.3 Å². The second kappa shape index (κ2) is 12.5. The summed E-state index contributed by atoms with van der Waals surface area (Å²) in [6.07, 6.45) is -5.59. The Morgan fingerprint density at radius 3 is 2.13 bits per heavy atom. The van der Waals surface area contributed by atoms with Gasteiger partial charge in [0.25, 0.3) is 0 Å². The number of halogens is 3. The molecule has 0 aliphatic carbocycles. The predicted octanol–water partition coefficient (Wildman–Crippen LogP) is 7.01. The van der Waals surface area contributed by atoms with E-state index in [2.05, 4.69) is 5.32 Å². The molecule has 0 saturated carbocycles. The largest absolute Gasteiger partial charge is 0.488 e. The summed E-state index contributed by atoms with van der Waals surface area (Å²) in [5.74, 6) is -1.91. The highest BCUT2D eigenvalue weighted by Gasteiger charge is 2.57. The molecule has 1 saturated heterocycles. The number of alkyl halides is 3. The minimum atomic E-state index is -4.81. The number of hydrogen-bond donors (Lipinski definition) is 1. The van der Waals surface area contributed by atoms with Crippen molar-refractivity contribution >= 4 is 17.8 Å². The molecule has 1 unspecified atom stereocenters. The Morgan fingerprint density at radius 2 is 1.53 bits per heavy atom. The monoisotopic (exact) mass is 626 g/mol. The lowest BCUT2D eigenvalue weighted by Gasteiger charge is -2.39. The minimum Gasteiger partial charge on any atom is -0.488 e. The van der Waals surface area contributed by atoms with Crippen molar-refractivity contribution in [1.29, 1.82) is 0 Å². The highest BCUT2D eigenvalue weighted by Crippen LogP contribution is 2.38. The van der Waals surface area contributed by atoms with Crippen molar-refractivity contribution in [2.24, 2.45) is 0 Å². The number of rotatable bonds is 8. The molecule has 3 aromatic rings. The van der Waals surface area contributed by atoms with E-state index in [1.165, 1.54) is 13.0 Å². The summed E-state index contributed by atoms with van der Waals surface area (Å²) >= 11 is 0. The maximum absolute atomic E-state index is 14.0. The fourth-order valence-corrected chi connectivity index (χ4v) is 5.03. The van der Waals surface area contributed by atoms with E-state index in [0.717, 1.165) is 22.1 Å². The van der Waals surface area contributed by atoms with E-state index in [4.69, 9.17) is 14.2 Å². The molecule has 1 N–H and O–H groups in total. The maximum Gasteiger partial charge on any atom is 0.419 e. The topological polar surface area (TPSA) is 94.2 Å². The molecule has 8 nitrogen and oxygen atoms in total. The van der Waals surface area contributed by atoms with Crippen LogP contribution in [0.5, 0.6) is 5.75 Å². The number of Topliss-reactive ketones (excluding diaryl/α,β-unsaturated/α-hetero) is 1. The molecule has 0 aromatic heterocycles. The first-order valence-electron chi connectivity index (χ1n) is 14.4. The van der Waals surface area contributed by atoms with Gasteiger partial charge in [-0.1, -0.05) is 54.6 Å². The van der Waals surface area contributed by atoms with Crippen LogP contribution in [0.2, 0.25) is 0 Å². The third-order valence-electron chi connectivity index (χ3n) is 7.28. The summed E-state index contributed by atoms with van der Waals surface area (Å²) in [6, 6.07) is 19.9. The third kappa shape index (κ3) is 7.83. The Morgan fingerprint density at radius 1 is 0.911 bits per heavy atom. The van der Waals surface area contributed by atoms with E-state index in [1.807, 2.05) is 42.5 Å². The van der Waals surface area contributed by atoms with Crippen molar-refractivity contribution in [3.8, 4) is 16.9 Å². The van der Waals surface area contributed by atoms with Gasteiger partial charge in [0.05, 0.1) is 18.7 Å².